The lowest BCUT2D eigenvalue weighted by Gasteiger charge is -2.13. The zero-order chi connectivity index (χ0) is 16.2. The van der Waals surface area contributed by atoms with Crippen molar-refractivity contribution in [1.82, 2.24) is 0 Å². The molecular weight excluding hydrogens is 290 g/mol. The molecule has 1 aliphatic heterocycles. The molecule has 3 N–H and O–H groups in total. The SMILES string of the molecule is Cc1ccc(NC(=O)CC2CNc3ccccc3NC2=O)cc1. The highest BCUT2D eigenvalue weighted by Gasteiger charge is 2.25. The molecular formula is C18H19N3O2. The molecule has 5 nitrogen and oxygen atoms in total. The highest BCUT2D eigenvalue weighted by Crippen LogP contribution is 2.25. The van der Waals surface area contributed by atoms with Crippen LogP contribution < -0.4 is 16.0 Å². The van der Waals surface area contributed by atoms with Gasteiger partial charge in [-0.3, -0.25) is 9.59 Å². The van der Waals surface area contributed by atoms with Crippen LogP contribution in [0.4, 0.5) is 17.1 Å². The molecule has 0 aliphatic carbocycles. The molecule has 2 aromatic rings. The first-order valence-corrected chi connectivity index (χ1v) is 7.62. The Hall–Kier alpha value is -2.82. The lowest BCUT2D eigenvalue weighted by Crippen LogP contribution is -2.30. The fourth-order valence-electron chi connectivity index (χ4n) is 2.54. The van der Waals surface area contributed by atoms with Gasteiger partial charge in [-0.05, 0) is 31.2 Å². The number of rotatable bonds is 3. The van der Waals surface area contributed by atoms with E-state index in [9.17, 15) is 9.59 Å². The molecule has 1 heterocycles. The first kappa shape index (κ1) is 15.1. The molecule has 0 spiro atoms. The Morgan fingerprint density at radius 3 is 2.57 bits per heavy atom. The Balaban J connectivity index is 1.63. The van der Waals surface area contributed by atoms with Gasteiger partial charge in [0.2, 0.25) is 11.8 Å². The summed E-state index contributed by atoms with van der Waals surface area (Å²) >= 11 is 0. The second-order valence-electron chi connectivity index (χ2n) is 5.73. The Bertz CT molecular complexity index is 725. The minimum absolute atomic E-state index is 0.137. The van der Waals surface area contributed by atoms with Crippen LogP contribution >= 0.6 is 0 Å². The molecule has 1 aliphatic rings. The van der Waals surface area contributed by atoms with Gasteiger partial charge in [-0.25, -0.2) is 0 Å². The summed E-state index contributed by atoms with van der Waals surface area (Å²) in [7, 11) is 0. The van der Waals surface area contributed by atoms with Gasteiger partial charge in [-0.1, -0.05) is 29.8 Å². The molecule has 2 aromatic carbocycles. The Kier molecular flexibility index (Phi) is 4.28. The van der Waals surface area contributed by atoms with E-state index in [0.29, 0.717) is 6.54 Å². The number of carbonyl (C=O) groups excluding carboxylic acids is 2. The van der Waals surface area contributed by atoms with E-state index in [0.717, 1.165) is 22.6 Å². The summed E-state index contributed by atoms with van der Waals surface area (Å²) in [6.07, 6.45) is 0.140. The standard InChI is InChI=1S/C18H19N3O2/c1-12-6-8-14(9-7-12)20-17(22)10-13-11-19-15-4-2-3-5-16(15)21-18(13)23/h2-9,13,19H,10-11H2,1H3,(H,20,22)(H,21,23). The first-order valence-electron chi connectivity index (χ1n) is 7.62. The number of nitrogens with one attached hydrogen (secondary N) is 3. The maximum absolute atomic E-state index is 12.3. The van der Waals surface area contributed by atoms with Crippen LogP contribution in [-0.2, 0) is 9.59 Å². The fourth-order valence-corrected chi connectivity index (χ4v) is 2.54. The van der Waals surface area contributed by atoms with Crippen molar-refractivity contribution in [3.63, 3.8) is 0 Å². The van der Waals surface area contributed by atoms with Crippen LogP contribution in [0.25, 0.3) is 0 Å². The third-order valence-electron chi connectivity index (χ3n) is 3.86. The van der Waals surface area contributed by atoms with Gasteiger partial charge in [-0.2, -0.15) is 0 Å². The van der Waals surface area contributed by atoms with E-state index in [1.54, 1.807) is 0 Å². The molecule has 1 atom stereocenters. The molecule has 118 valence electrons. The Morgan fingerprint density at radius 2 is 1.83 bits per heavy atom. The Labute approximate surface area is 135 Å². The Morgan fingerprint density at radius 1 is 1.13 bits per heavy atom. The molecule has 0 aromatic heterocycles. The summed E-state index contributed by atoms with van der Waals surface area (Å²) in [6.45, 7) is 2.43. The van der Waals surface area contributed by atoms with Gasteiger partial charge in [0.1, 0.15) is 0 Å². The average Bonchev–Trinajstić information content (AvgIpc) is 2.69. The first-order chi connectivity index (χ1) is 11.1. The van der Waals surface area contributed by atoms with Crippen molar-refractivity contribution in [2.45, 2.75) is 13.3 Å². The molecule has 0 saturated carbocycles. The summed E-state index contributed by atoms with van der Waals surface area (Å²) in [4.78, 5) is 24.5. The predicted molar refractivity (Wildman–Crippen MR) is 91.5 cm³/mol. The van der Waals surface area contributed by atoms with Crippen LogP contribution in [0.15, 0.2) is 48.5 Å². The van der Waals surface area contributed by atoms with Crippen molar-refractivity contribution in [2.75, 3.05) is 22.5 Å². The summed E-state index contributed by atoms with van der Waals surface area (Å²) < 4.78 is 0. The largest absolute Gasteiger partial charge is 0.383 e. The highest BCUT2D eigenvalue weighted by molar-refractivity contribution is 6.01. The van der Waals surface area contributed by atoms with E-state index in [1.807, 2.05) is 55.5 Å². The van der Waals surface area contributed by atoms with Crippen LogP contribution in [-0.4, -0.2) is 18.4 Å². The quantitative estimate of drug-likeness (QED) is 0.816. The smallest absolute Gasteiger partial charge is 0.229 e. The van der Waals surface area contributed by atoms with Crippen LogP contribution in [0.3, 0.4) is 0 Å². The summed E-state index contributed by atoms with van der Waals surface area (Å²) in [5.41, 5.74) is 3.50. The van der Waals surface area contributed by atoms with Crippen molar-refractivity contribution in [2.24, 2.45) is 5.92 Å². The van der Waals surface area contributed by atoms with Crippen molar-refractivity contribution in [3.05, 3.63) is 54.1 Å². The minimum Gasteiger partial charge on any atom is -0.383 e. The zero-order valence-electron chi connectivity index (χ0n) is 12.9. The summed E-state index contributed by atoms with van der Waals surface area (Å²) in [5.74, 6) is -0.712. The molecule has 5 heteroatoms. The number of hydrogen-bond acceptors (Lipinski definition) is 3. The molecule has 3 rings (SSSR count). The zero-order valence-corrected chi connectivity index (χ0v) is 12.9. The second kappa shape index (κ2) is 6.52. The number of hydrogen-bond donors (Lipinski definition) is 3. The predicted octanol–water partition coefficient (Wildman–Crippen LogP) is 3.00. The van der Waals surface area contributed by atoms with Crippen LogP contribution in [0, 0.1) is 12.8 Å². The van der Waals surface area contributed by atoms with Gasteiger partial charge < -0.3 is 16.0 Å². The van der Waals surface area contributed by atoms with E-state index in [4.69, 9.17) is 0 Å². The monoisotopic (exact) mass is 309 g/mol. The van der Waals surface area contributed by atoms with E-state index in [2.05, 4.69) is 16.0 Å². The second-order valence-corrected chi connectivity index (χ2v) is 5.73. The van der Waals surface area contributed by atoms with Crippen LogP contribution in [0.5, 0.6) is 0 Å². The molecule has 0 radical (unpaired) electrons. The maximum Gasteiger partial charge on any atom is 0.229 e. The van der Waals surface area contributed by atoms with E-state index < -0.39 is 5.92 Å². The third kappa shape index (κ3) is 3.69. The highest BCUT2D eigenvalue weighted by atomic mass is 16.2. The number of anilines is 3. The average molecular weight is 309 g/mol. The normalized spacial score (nSPS) is 16.6. The third-order valence-corrected chi connectivity index (χ3v) is 3.86. The van der Waals surface area contributed by atoms with Gasteiger partial charge >= 0.3 is 0 Å². The lowest BCUT2D eigenvalue weighted by molar-refractivity contribution is -0.124. The number of fused-ring (bicyclic) bond motifs is 1. The van der Waals surface area contributed by atoms with Gasteiger partial charge in [0.05, 0.1) is 17.3 Å². The van der Waals surface area contributed by atoms with Gasteiger partial charge in [0.25, 0.3) is 0 Å². The van der Waals surface area contributed by atoms with Gasteiger partial charge in [-0.15, -0.1) is 0 Å². The van der Waals surface area contributed by atoms with E-state index >= 15 is 0 Å². The van der Waals surface area contributed by atoms with Crippen LogP contribution in [0.2, 0.25) is 0 Å². The number of para-hydroxylation sites is 2. The fraction of sp³-hybridized carbons (Fsp3) is 0.222. The van der Waals surface area contributed by atoms with Gasteiger partial charge in [0, 0.05) is 18.7 Å². The number of carbonyl (C=O) groups is 2. The topological polar surface area (TPSA) is 70.2 Å². The molecule has 0 saturated heterocycles. The number of benzene rings is 2. The molecule has 0 bridgehead atoms. The van der Waals surface area contributed by atoms with E-state index in [1.165, 1.54) is 0 Å². The minimum atomic E-state index is -0.409. The van der Waals surface area contributed by atoms with Gasteiger partial charge in [0.15, 0.2) is 0 Å². The number of aryl methyl sites for hydroxylation is 1. The van der Waals surface area contributed by atoms with E-state index in [-0.39, 0.29) is 18.2 Å². The lowest BCUT2D eigenvalue weighted by atomic mass is 10.0. The maximum atomic E-state index is 12.3. The number of amides is 2. The molecule has 0 fully saturated rings. The molecule has 2 amide bonds. The summed E-state index contributed by atoms with van der Waals surface area (Å²) in [5, 5.41) is 8.92. The summed E-state index contributed by atoms with van der Waals surface area (Å²) in [6, 6.07) is 15.1. The van der Waals surface area contributed by atoms with Crippen LogP contribution in [0.1, 0.15) is 12.0 Å². The van der Waals surface area contributed by atoms with Crippen molar-refractivity contribution >= 4 is 28.9 Å². The van der Waals surface area contributed by atoms with Crippen molar-refractivity contribution in [3.8, 4) is 0 Å². The van der Waals surface area contributed by atoms with Crippen molar-refractivity contribution in [1.29, 1.82) is 0 Å². The van der Waals surface area contributed by atoms with Crippen molar-refractivity contribution < 1.29 is 9.59 Å². The molecule has 1 unspecified atom stereocenters. The molecule has 23 heavy (non-hydrogen) atoms.